The summed E-state index contributed by atoms with van der Waals surface area (Å²) in [5.74, 6) is -3.37. The maximum absolute atomic E-state index is 13.4. The zero-order chi connectivity index (χ0) is 14.0. The number of carbonyl (C=O) groups excluding carboxylic acids is 1. The summed E-state index contributed by atoms with van der Waals surface area (Å²) in [6.07, 6.45) is 0. The number of carbonyl (C=O) groups is 1. The number of rotatable bonds is 2. The largest absolute Gasteiger partial charge is 0.399 e. The molecule has 3 nitrogen and oxygen atoms in total. The van der Waals surface area contributed by atoms with Crippen molar-refractivity contribution in [3.05, 3.63) is 59.4 Å². The van der Waals surface area contributed by atoms with E-state index in [0.717, 1.165) is 24.3 Å². The fraction of sp³-hybridized carbons (Fsp3) is 0. The molecule has 6 heteroatoms. The van der Waals surface area contributed by atoms with Gasteiger partial charge in [-0.15, -0.1) is 0 Å². The lowest BCUT2D eigenvalue weighted by Crippen LogP contribution is -2.15. The van der Waals surface area contributed by atoms with Crippen molar-refractivity contribution in [1.82, 2.24) is 0 Å². The zero-order valence-corrected chi connectivity index (χ0v) is 9.58. The van der Waals surface area contributed by atoms with Crippen molar-refractivity contribution < 1.29 is 18.0 Å². The van der Waals surface area contributed by atoms with Gasteiger partial charge in [0.2, 0.25) is 0 Å². The number of halogens is 3. The molecule has 0 unspecified atom stereocenters. The van der Waals surface area contributed by atoms with Gasteiger partial charge in [-0.05, 0) is 30.3 Å². The van der Waals surface area contributed by atoms with E-state index in [1.54, 1.807) is 0 Å². The molecule has 0 heterocycles. The molecular formula is C13H9F3N2O. The Bertz CT molecular complexity index is 644. The normalized spacial score (nSPS) is 10.3. The minimum atomic E-state index is -0.947. The number of benzene rings is 2. The van der Waals surface area contributed by atoms with Gasteiger partial charge < -0.3 is 11.1 Å². The summed E-state index contributed by atoms with van der Waals surface area (Å²) in [7, 11) is 0. The predicted molar refractivity (Wildman–Crippen MR) is 65.1 cm³/mol. The molecule has 0 fully saturated rings. The highest BCUT2D eigenvalue weighted by atomic mass is 19.1. The summed E-state index contributed by atoms with van der Waals surface area (Å²) < 4.78 is 39.4. The SMILES string of the molecule is Nc1ccc(F)c(C(=O)Nc2ccc(F)cc2F)c1. The van der Waals surface area contributed by atoms with E-state index in [-0.39, 0.29) is 16.9 Å². The first-order chi connectivity index (χ1) is 8.97. The highest BCUT2D eigenvalue weighted by molar-refractivity contribution is 6.05. The van der Waals surface area contributed by atoms with E-state index in [4.69, 9.17) is 5.73 Å². The molecule has 2 aromatic rings. The van der Waals surface area contributed by atoms with Crippen LogP contribution in [0.15, 0.2) is 36.4 Å². The van der Waals surface area contributed by atoms with Crippen molar-refractivity contribution in [2.45, 2.75) is 0 Å². The van der Waals surface area contributed by atoms with Gasteiger partial charge >= 0.3 is 0 Å². The van der Waals surface area contributed by atoms with Crippen molar-refractivity contribution in [3.63, 3.8) is 0 Å². The summed E-state index contributed by atoms with van der Waals surface area (Å²) in [6, 6.07) is 6.11. The highest BCUT2D eigenvalue weighted by Crippen LogP contribution is 2.18. The van der Waals surface area contributed by atoms with E-state index in [9.17, 15) is 18.0 Å². The molecule has 0 aliphatic heterocycles. The Kier molecular flexibility index (Phi) is 3.41. The van der Waals surface area contributed by atoms with Gasteiger partial charge in [-0.1, -0.05) is 0 Å². The lowest BCUT2D eigenvalue weighted by molar-refractivity contribution is 0.102. The molecule has 0 radical (unpaired) electrons. The second-order valence-corrected chi connectivity index (χ2v) is 3.82. The average Bonchev–Trinajstić information content (AvgIpc) is 2.35. The number of amides is 1. The molecule has 0 aliphatic rings. The Morgan fingerprint density at radius 2 is 1.74 bits per heavy atom. The Morgan fingerprint density at radius 3 is 2.42 bits per heavy atom. The Hall–Kier alpha value is -2.50. The van der Waals surface area contributed by atoms with E-state index in [2.05, 4.69) is 5.32 Å². The molecule has 0 aliphatic carbocycles. The lowest BCUT2D eigenvalue weighted by atomic mass is 10.1. The molecule has 0 spiro atoms. The topological polar surface area (TPSA) is 55.1 Å². The van der Waals surface area contributed by atoms with Crippen LogP contribution in [0.1, 0.15) is 10.4 Å². The predicted octanol–water partition coefficient (Wildman–Crippen LogP) is 2.94. The number of nitrogens with one attached hydrogen (secondary N) is 1. The smallest absolute Gasteiger partial charge is 0.258 e. The van der Waals surface area contributed by atoms with Gasteiger partial charge in [0.1, 0.15) is 17.5 Å². The second kappa shape index (κ2) is 5.01. The van der Waals surface area contributed by atoms with Crippen LogP contribution in [0.25, 0.3) is 0 Å². The summed E-state index contributed by atoms with van der Waals surface area (Å²) in [4.78, 5) is 11.8. The number of nitrogen functional groups attached to an aromatic ring is 1. The van der Waals surface area contributed by atoms with Gasteiger partial charge in [0.25, 0.3) is 5.91 Å². The zero-order valence-electron chi connectivity index (χ0n) is 9.58. The standard InChI is InChI=1S/C13H9F3N2O/c14-7-1-4-12(11(16)5-7)18-13(19)9-6-8(17)2-3-10(9)15/h1-6H,17H2,(H,18,19). The minimum Gasteiger partial charge on any atom is -0.399 e. The van der Waals surface area contributed by atoms with E-state index >= 15 is 0 Å². The van der Waals surface area contributed by atoms with Gasteiger partial charge in [-0.3, -0.25) is 4.79 Å². The maximum Gasteiger partial charge on any atom is 0.258 e. The Morgan fingerprint density at radius 1 is 1.00 bits per heavy atom. The van der Waals surface area contributed by atoms with Crippen LogP contribution in [-0.4, -0.2) is 5.91 Å². The molecule has 0 atom stereocenters. The molecule has 0 aromatic heterocycles. The first-order valence-corrected chi connectivity index (χ1v) is 5.29. The Balaban J connectivity index is 2.28. The van der Waals surface area contributed by atoms with Crippen molar-refractivity contribution >= 4 is 17.3 Å². The van der Waals surface area contributed by atoms with Crippen LogP contribution in [0, 0.1) is 17.5 Å². The van der Waals surface area contributed by atoms with Gasteiger partial charge in [0.15, 0.2) is 0 Å². The summed E-state index contributed by atoms with van der Waals surface area (Å²) >= 11 is 0. The first-order valence-electron chi connectivity index (χ1n) is 5.29. The van der Waals surface area contributed by atoms with Gasteiger partial charge in [0.05, 0.1) is 11.3 Å². The van der Waals surface area contributed by atoms with Gasteiger partial charge in [0, 0.05) is 11.8 Å². The van der Waals surface area contributed by atoms with E-state index in [1.807, 2.05) is 0 Å². The summed E-state index contributed by atoms with van der Waals surface area (Å²) in [6.45, 7) is 0. The molecule has 2 rings (SSSR count). The van der Waals surface area contributed by atoms with Gasteiger partial charge in [-0.25, -0.2) is 13.2 Å². The van der Waals surface area contributed by atoms with Crippen molar-refractivity contribution in [1.29, 1.82) is 0 Å². The van der Waals surface area contributed by atoms with E-state index in [1.165, 1.54) is 6.07 Å². The van der Waals surface area contributed by atoms with Crippen LogP contribution < -0.4 is 11.1 Å². The fourth-order valence-electron chi connectivity index (χ4n) is 1.50. The third kappa shape index (κ3) is 2.85. The van der Waals surface area contributed by atoms with Crippen LogP contribution >= 0.6 is 0 Å². The van der Waals surface area contributed by atoms with E-state index < -0.39 is 23.4 Å². The van der Waals surface area contributed by atoms with Crippen molar-refractivity contribution in [3.8, 4) is 0 Å². The number of anilines is 2. The summed E-state index contributed by atoms with van der Waals surface area (Å²) in [5.41, 5.74) is 5.08. The Labute approximate surface area is 106 Å². The quantitative estimate of drug-likeness (QED) is 0.821. The lowest BCUT2D eigenvalue weighted by Gasteiger charge is -2.07. The molecule has 0 saturated carbocycles. The number of hydrogen-bond donors (Lipinski definition) is 2. The molecular weight excluding hydrogens is 257 g/mol. The molecule has 0 saturated heterocycles. The molecule has 98 valence electrons. The van der Waals surface area contributed by atoms with Crippen LogP contribution in [0.5, 0.6) is 0 Å². The fourth-order valence-corrected chi connectivity index (χ4v) is 1.50. The third-order valence-electron chi connectivity index (χ3n) is 2.41. The minimum absolute atomic E-state index is 0.200. The van der Waals surface area contributed by atoms with Crippen LogP contribution in [-0.2, 0) is 0 Å². The molecule has 2 aromatic carbocycles. The highest BCUT2D eigenvalue weighted by Gasteiger charge is 2.14. The first kappa shape index (κ1) is 12.9. The second-order valence-electron chi connectivity index (χ2n) is 3.82. The average molecular weight is 266 g/mol. The van der Waals surface area contributed by atoms with Crippen LogP contribution in [0.4, 0.5) is 24.5 Å². The monoisotopic (exact) mass is 266 g/mol. The van der Waals surface area contributed by atoms with Crippen molar-refractivity contribution in [2.24, 2.45) is 0 Å². The van der Waals surface area contributed by atoms with Crippen LogP contribution in [0.2, 0.25) is 0 Å². The number of hydrogen-bond acceptors (Lipinski definition) is 2. The number of nitrogens with two attached hydrogens (primary N) is 1. The van der Waals surface area contributed by atoms with Gasteiger partial charge in [-0.2, -0.15) is 0 Å². The van der Waals surface area contributed by atoms with Crippen molar-refractivity contribution in [2.75, 3.05) is 11.1 Å². The molecule has 19 heavy (non-hydrogen) atoms. The third-order valence-corrected chi connectivity index (χ3v) is 2.41. The summed E-state index contributed by atoms with van der Waals surface area (Å²) in [5, 5.41) is 2.15. The molecule has 0 bridgehead atoms. The maximum atomic E-state index is 13.4. The molecule has 1 amide bonds. The van der Waals surface area contributed by atoms with Crippen LogP contribution in [0.3, 0.4) is 0 Å². The molecule has 3 N–H and O–H groups in total. The van der Waals surface area contributed by atoms with E-state index in [0.29, 0.717) is 6.07 Å².